The van der Waals surface area contributed by atoms with Crippen molar-refractivity contribution in [2.75, 3.05) is 12.3 Å². The van der Waals surface area contributed by atoms with Gasteiger partial charge < -0.3 is 16.2 Å². The molecule has 0 aliphatic heterocycles. The van der Waals surface area contributed by atoms with Crippen LogP contribution in [-0.2, 0) is 0 Å². The second-order valence-electron chi connectivity index (χ2n) is 4.87. The molecule has 0 saturated carbocycles. The summed E-state index contributed by atoms with van der Waals surface area (Å²) in [7, 11) is 0. The molecule has 1 aromatic carbocycles. The molecule has 0 heterocycles. The quantitative estimate of drug-likeness (QED) is 0.414. The molecule has 0 fully saturated rings. The lowest BCUT2D eigenvalue weighted by atomic mass is 9.94. The van der Waals surface area contributed by atoms with Crippen LogP contribution in [0.3, 0.4) is 0 Å². The maximum Gasteiger partial charge on any atom is 0.292 e. The first-order chi connectivity index (χ1) is 9.33. The fourth-order valence-corrected chi connectivity index (χ4v) is 1.76. The number of aliphatic hydroxyl groups is 1. The fourth-order valence-electron chi connectivity index (χ4n) is 1.76. The highest BCUT2D eigenvalue weighted by atomic mass is 16.6. The number of anilines is 1. The van der Waals surface area contributed by atoms with Crippen LogP contribution in [0.5, 0.6) is 0 Å². The van der Waals surface area contributed by atoms with Crippen molar-refractivity contribution in [3.8, 4) is 0 Å². The second-order valence-corrected chi connectivity index (χ2v) is 4.87. The van der Waals surface area contributed by atoms with Crippen LogP contribution in [0.25, 0.3) is 0 Å². The zero-order chi connectivity index (χ0) is 15.3. The Bertz CT molecular complexity index is 518. The Morgan fingerprint density at radius 3 is 2.70 bits per heavy atom. The number of carbonyl (C=O) groups excluding carboxylic acids is 1. The third kappa shape index (κ3) is 3.67. The van der Waals surface area contributed by atoms with Gasteiger partial charge in [-0.2, -0.15) is 0 Å². The van der Waals surface area contributed by atoms with Gasteiger partial charge in [-0.15, -0.1) is 0 Å². The van der Waals surface area contributed by atoms with E-state index in [0.29, 0.717) is 12.8 Å². The van der Waals surface area contributed by atoms with E-state index in [1.165, 1.54) is 12.1 Å². The van der Waals surface area contributed by atoms with Gasteiger partial charge in [-0.25, -0.2) is 0 Å². The number of nitrogen functional groups attached to an aromatic ring is 1. The Labute approximate surface area is 116 Å². The third-order valence-electron chi connectivity index (χ3n) is 3.35. The maximum absolute atomic E-state index is 12.1. The molecule has 1 unspecified atom stereocenters. The molecule has 1 aromatic rings. The normalized spacial score (nSPS) is 13.6. The maximum atomic E-state index is 12.1. The molecule has 1 atom stereocenters. The average Bonchev–Trinajstić information content (AvgIpc) is 2.39. The number of nitro benzene ring substituents is 1. The number of benzene rings is 1. The minimum absolute atomic E-state index is 0.0140. The van der Waals surface area contributed by atoms with Crippen molar-refractivity contribution in [1.82, 2.24) is 5.32 Å². The Balaban J connectivity index is 2.98. The number of nitrogens with one attached hydrogen (secondary N) is 1. The van der Waals surface area contributed by atoms with E-state index in [2.05, 4.69) is 5.32 Å². The summed E-state index contributed by atoms with van der Waals surface area (Å²) >= 11 is 0. The molecule has 7 heteroatoms. The first-order valence-electron chi connectivity index (χ1n) is 6.30. The van der Waals surface area contributed by atoms with E-state index in [1.54, 1.807) is 0 Å². The summed E-state index contributed by atoms with van der Waals surface area (Å²) in [6.07, 6.45) is 1.04. The number of hydrogen-bond donors (Lipinski definition) is 3. The van der Waals surface area contributed by atoms with E-state index in [9.17, 15) is 14.9 Å². The molecule has 110 valence electrons. The van der Waals surface area contributed by atoms with Crippen molar-refractivity contribution in [3.05, 3.63) is 33.9 Å². The summed E-state index contributed by atoms with van der Waals surface area (Å²) in [5.41, 5.74) is 4.82. The molecule has 0 aromatic heterocycles. The third-order valence-corrected chi connectivity index (χ3v) is 3.35. The monoisotopic (exact) mass is 281 g/mol. The van der Waals surface area contributed by atoms with Crippen LogP contribution in [0.1, 0.15) is 37.0 Å². The Morgan fingerprint density at radius 2 is 2.20 bits per heavy atom. The molecule has 0 bridgehead atoms. The Morgan fingerprint density at radius 1 is 1.55 bits per heavy atom. The topological polar surface area (TPSA) is 118 Å². The SMILES string of the molecule is CCC(C)(CCO)NC(=O)c1ccc(N)c([N+](=O)[O-])c1. The van der Waals surface area contributed by atoms with Crippen molar-refractivity contribution >= 4 is 17.3 Å². The molecule has 0 aliphatic rings. The van der Waals surface area contributed by atoms with Crippen LogP contribution in [0, 0.1) is 10.1 Å². The predicted molar refractivity (Wildman–Crippen MR) is 75.4 cm³/mol. The molecular formula is C13H19N3O4. The van der Waals surface area contributed by atoms with Gasteiger partial charge in [-0.05, 0) is 31.9 Å². The van der Waals surface area contributed by atoms with Crippen LogP contribution >= 0.6 is 0 Å². The molecule has 0 spiro atoms. The zero-order valence-corrected chi connectivity index (χ0v) is 11.5. The molecule has 0 aliphatic carbocycles. The van der Waals surface area contributed by atoms with E-state index < -0.39 is 16.4 Å². The van der Waals surface area contributed by atoms with Crippen LogP contribution in [0.15, 0.2) is 18.2 Å². The first kappa shape index (κ1) is 15.9. The molecule has 4 N–H and O–H groups in total. The van der Waals surface area contributed by atoms with Crippen LogP contribution in [0.2, 0.25) is 0 Å². The summed E-state index contributed by atoms with van der Waals surface area (Å²) in [4.78, 5) is 22.3. The number of rotatable bonds is 6. The van der Waals surface area contributed by atoms with E-state index in [4.69, 9.17) is 10.8 Å². The van der Waals surface area contributed by atoms with Crippen molar-refractivity contribution in [2.45, 2.75) is 32.2 Å². The molecule has 1 rings (SSSR count). The first-order valence-corrected chi connectivity index (χ1v) is 6.30. The van der Waals surface area contributed by atoms with Crippen LogP contribution < -0.4 is 11.1 Å². The molecule has 0 radical (unpaired) electrons. The fraction of sp³-hybridized carbons (Fsp3) is 0.462. The van der Waals surface area contributed by atoms with E-state index in [0.717, 1.165) is 6.07 Å². The van der Waals surface area contributed by atoms with Gasteiger partial charge in [0.2, 0.25) is 0 Å². The summed E-state index contributed by atoms with van der Waals surface area (Å²) in [5.74, 6) is -0.425. The number of nitrogens with two attached hydrogens (primary N) is 1. The molecule has 1 amide bonds. The van der Waals surface area contributed by atoms with Crippen molar-refractivity contribution in [3.63, 3.8) is 0 Å². The zero-order valence-electron chi connectivity index (χ0n) is 11.5. The number of aliphatic hydroxyl groups excluding tert-OH is 1. The summed E-state index contributed by atoms with van der Waals surface area (Å²) in [6.45, 7) is 3.65. The van der Waals surface area contributed by atoms with E-state index in [1.807, 2.05) is 13.8 Å². The summed E-state index contributed by atoms with van der Waals surface area (Å²) in [5, 5.41) is 22.6. The number of hydrogen-bond acceptors (Lipinski definition) is 5. The highest BCUT2D eigenvalue weighted by molar-refractivity contribution is 5.96. The number of nitro groups is 1. The lowest BCUT2D eigenvalue weighted by molar-refractivity contribution is -0.383. The second kappa shape index (κ2) is 6.33. The van der Waals surface area contributed by atoms with Gasteiger partial charge in [0.15, 0.2) is 0 Å². The summed E-state index contributed by atoms with van der Waals surface area (Å²) in [6, 6.07) is 3.93. The van der Waals surface area contributed by atoms with E-state index in [-0.39, 0.29) is 23.5 Å². The minimum Gasteiger partial charge on any atom is -0.396 e. The number of nitrogens with zero attached hydrogens (tertiary/aromatic N) is 1. The van der Waals surface area contributed by atoms with Gasteiger partial charge in [0, 0.05) is 23.8 Å². The van der Waals surface area contributed by atoms with Crippen molar-refractivity contribution < 1.29 is 14.8 Å². The molecule has 0 saturated heterocycles. The summed E-state index contributed by atoms with van der Waals surface area (Å²) < 4.78 is 0. The van der Waals surface area contributed by atoms with Gasteiger partial charge in [0.1, 0.15) is 5.69 Å². The van der Waals surface area contributed by atoms with Crippen LogP contribution in [-0.4, -0.2) is 28.1 Å². The lowest BCUT2D eigenvalue weighted by Gasteiger charge is -2.29. The Kier molecular flexibility index (Phi) is 5.04. The average molecular weight is 281 g/mol. The van der Waals surface area contributed by atoms with Gasteiger partial charge in [-0.3, -0.25) is 14.9 Å². The predicted octanol–water partition coefficient (Wildman–Crippen LogP) is 1.46. The molecule has 7 nitrogen and oxygen atoms in total. The van der Waals surface area contributed by atoms with Gasteiger partial charge in [0.25, 0.3) is 11.6 Å². The van der Waals surface area contributed by atoms with Crippen molar-refractivity contribution in [2.24, 2.45) is 0 Å². The number of amides is 1. The van der Waals surface area contributed by atoms with Gasteiger partial charge in [-0.1, -0.05) is 6.92 Å². The van der Waals surface area contributed by atoms with Crippen molar-refractivity contribution in [1.29, 1.82) is 0 Å². The molecular weight excluding hydrogens is 262 g/mol. The van der Waals surface area contributed by atoms with Crippen LogP contribution in [0.4, 0.5) is 11.4 Å². The molecule has 20 heavy (non-hydrogen) atoms. The standard InChI is InChI=1S/C13H19N3O4/c1-3-13(2,6-7-17)15-12(18)9-4-5-10(14)11(8-9)16(19)20/h4-5,8,17H,3,6-7,14H2,1-2H3,(H,15,18). The van der Waals surface area contributed by atoms with Gasteiger partial charge in [0.05, 0.1) is 4.92 Å². The smallest absolute Gasteiger partial charge is 0.292 e. The lowest BCUT2D eigenvalue weighted by Crippen LogP contribution is -2.46. The minimum atomic E-state index is -0.626. The van der Waals surface area contributed by atoms with Gasteiger partial charge >= 0.3 is 0 Å². The highest BCUT2D eigenvalue weighted by Gasteiger charge is 2.25. The Hall–Kier alpha value is -2.15. The van der Waals surface area contributed by atoms with E-state index >= 15 is 0 Å². The largest absolute Gasteiger partial charge is 0.396 e. The number of carbonyl (C=O) groups is 1. The highest BCUT2D eigenvalue weighted by Crippen LogP contribution is 2.23.